The molecule has 13 nitrogen and oxygen atoms in total. The molecule has 6 fully saturated rings. The lowest BCUT2D eigenvalue weighted by Gasteiger charge is -2.68. The maximum absolute atomic E-state index is 13.9. The van der Waals surface area contributed by atoms with E-state index in [1.54, 1.807) is 39.8 Å². The number of epoxide rings is 1. The molecule has 0 unspecified atom stereocenters. The number of fused-ring (bicyclic) bond motifs is 2. The number of cyclic esters (lactones) is 1. The Bertz CT molecular complexity index is 1720. The molecule has 2 saturated heterocycles. The maximum atomic E-state index is 13.9. The minimum Gasteiger partial charge on any atom is -0.512 e. The Morgan fingerprint density at radius 2 is 1.80 bits per heavy atom. The third-order valence-electron chi connectivity index (χ3n) is 13.8. The molecule has 1 aromatic heterocycles. The van der Waals surface area contributed by atoms with Crippen molar-refractivity contribution in [3.05, 3.63) is 47.1 Å². The van der Waals surface area contributed by atoms with Crippen molar-refractivity contribution in [3.8, 4) is 0 Å². The van der Waals surface area contributed by atoms with Crippen molar-refractivity contribution in [2.24, 2.45) is 28.1 Å². The summed E-state index contributed by atoms with van der Waals surface area (Å²) in [6.07, 6.45) is 0.357. The van der Waals surface area contributed by atoms with E-state index in [4.69, 9.17) is 28.1 Å². The number of hydrogen-bond acceptors (Lipinski definition) is 13. The third-order valence-corrected chi connectivity index (χ3v) is 13.8. The minimum atomic E-state index is -2.52. The van der Waals surface area contributed by atoms with Gasteiger partial charge in [0.25, 0.3) is 0 Å². The highest BCUT2D eigenvalue weighted by atomic mass is 16.7. The number of furan rings is 1. The van der Waals surface area contributed by atoms with E-state index in [1.165, 1.54) is 33.5 Å². The Kier molecular flexibility index (Phi) is 6.88. The van der Waals surface area contributed by atoms with E-state index >= 15 is 0 Å². The average molecular weight is 685 g/mol. The zero-order valence-corrected chi connectivity index (χ0v) is 28.9. The fourth-order valence-corrected chi connectivity index (χ4v) is 11.9. The topological polar surface area (TPSA) is 192 Å². The summed E-state index contributed by atoms with van der Waals surface area (Å²) in [5.74, 6) is -5.18. The molecule has 3 N–H and O–H groups in total. The minimum absolute atomic E-state index is 0.0807. The van der Waals surface area contributed by atoms with Crippen molar-refractivity contribution in [1.29, 1.82) is 0 Å². The first-order valence-corrected chi connectivity index (χ1v) is 16.7. The highest BCUT2D eigenvalue weighted by Gasteiger charge is 3.04. The molecule has 2 aliphatic heterocycles. The van der Waals surface area contributed by atoms with Crippen LogP contribution >= 0.6 is 0 Å². The molecular formula is C36H44O13. The van der Waals surface area contributed by atoms with Crippen LogP contribution in [-0.2, 0) is 42.9 Å². The highest BCUT2D eigenvalue weighted by molar-refractivity contribution is 5.92. The van der Waals surface area contributed by atoms with Crippen LogP contribution in [-0.4, -0.2) is 80.9 Å². The molecule has 12 atom stereocenters. The van der Waals surface area contributed by atoms with Crippen molar-refractivity contribution < 1.29 is 62.6 Å². The molecule has 4 saturated carbocycles. The predicted octanol–water partition coefficient (Wildman–Crippen LogP) is 3.53. The SMILES string of the molecule is C/C=C(\C)C(=O)O[C@H]1[C@@]2(C)C[C@]3(OC(C)=O)[C@@]1(O)[C@@H](O)[C@@]14O[C@@]1(CC[C@]1(C)[C@H]4/C(=C(\C)O)C(=O)O[C@H]1c1ccoc1)[C@]3(C)[C@H]2CC(=O)OC. The molecule has 6 aliphatic rings. The first kappa shape index (κ1) is 33.8. The number of rotatable bonds is 6. The number of carbonyl (C=O) groups is 4. The van der Waals surface area contributed by atoms with Crippen LogP contribution in [0.3, 0.4) is 0 Å². The van der Waals surface area contributed by atoms with Gasteiger partial charge in [-0.05, 0) is 45.6 Å². The summed E-state index contributed by atoms with van der Waals surface area (Å²) >= 11 is 0. The summed E-state index contributed by atoms with van der Waals surface area (Å²) in [5, 5.41) is 37.5. The molecule has 4 aliphatic carbocycles. The summed E-state index contributed by atoms with van der Waals surface area (Å²) in [6.45, 7) is 11.1. The zero-order valence-electron chi connectivity index (χ0n) is 28.9. The largest absolute Gasteiger partial charge is 0.512 e. The van der Waals surface area contributed by atoms with Gasteiger partial charge in [-0.1, -0.05) is 26.8 Å². The summed E-state index contributed by atoms with van der Waals surface area (Å²) in [4.78, 5) is 53.8. The normalized spacial score (nSPS) is 48.4. The van der Waals surface area contributed by atoms with Gasteiger partial charge >= 0.3 is 23.9 Å². The second-order valence-corrected chi connectivity index (χ2v) is 15.6. The molecular weight excluding hydrogens is 640 g/mol. The van der Waals surface area contributed by atoms with Gasteiger partial charge in [0.2, 0.25) is 0 Å². The Morgan fingerprint density at radius 1 is 1.10 bits per heavy atom. The van der Waals surface area contributed by atoms with Gasteiger partial charge in [0.15, 0.2) is 11.2 Å². The number of carbonyl (C=O) groups excluding carboxylic acids is 4. The molecule has 0 radical (unpaired) electrons. The first-order chi connectivity index (χ1) is 22.8. The number of aliphatic hydroxyl groups is 3. The van der Waals surface area contributed by atoms with Crippen molar-refractivity contribution in [3.63, 3.8) is 0 Å². The molecule has 2 bridgehead atoms. The molecule has 7 rings (SSSR count). The van der Waals surface area contributed by atoms with Crippen molar-refractivity contribution in [2.45, 2.75) is 115 Å². The summed E-state index contributed by atoms with van der Waals surface area (Å²) in [7, 11) is 1.25. The lowest BCUT2D eigenvalue weighted by atomic mass is 9.36. The van der Waals surface area contributed by atoms with E-state index in [0.29, 0.717) is 12.0 Å². The van der Waals surface area contributed by atoms with Crippen LogP contribution in [0.1, 0.15) is 85.8 Å². The van der Waals surface area contributed by atoms with Gasteiger partial charge in [0.05, 0.1) is 25.2 Å². The number of aliphatic hydroxyl groups excluding tert-OH is 2. The first-order valence-electron chi connectivity index (χ1n) is 16.7. The monoisotopic (exact) mass is 684 g/mol. The van der Waals surface area contributed by atoms with E-state index in [9.17, 15) is 34.5 Å². The van der Waals surface area contributed by atoms with Gasteiger partial charge in [0, 0.05) is 53.1 Å². The van der Waals surface area contributed by atoms with E-state index in [2.05, 4.69) is 0 Å². The van der Waals surface area contributed by atoms with Crippen molar-refractivity contribution >= 4 is 23.9 Å². The van der Waals surface area contributed by atoms with Crippen LogP contribution in [0.4, 0.5) is 0 Å². The van der Waals surface area contributed by atoms with Crippen LogP contribution in [0.2, 0.25) is 0 Å². The quantitative estimate of drug-likeness (QED) is 0.130. The van der Waals surface area contributed by atoms with Crippen molar-refractivity contribution in [2.75, 3.05) is 7.11 Å². The van der Waals surface area contributed by atoms with Crippen LogP contribution in [0, 0.1) is 28.1 Å². The predicted molar refractivity (Wildman–Crippen MR) is 166 cm³/mol. The van der Waals surface area contributed by atoms with E-state index in [-0.39, 0.29) is 36.2 Å². The van der Waals surface area contributed by atoms with Gasteiger partial charge in [0.1, 0.15) is 35.3 Å². The maximum Gasteiger partial charge on any atom is 0.338 e. The number of methoxy groups -OCH3 is 1. The molecule has 1 aromatic rings. The Morgan fingerprint density at radius 3 is 2.37 bits per heavy atom. The molecule has 266 valence electrons. The van der Waals surface area contributed by atoms with E-state index in [1.807, 2.05) is 6.92 Å². The van der Waals surface area contributed by atoms with Crippen LogP contribution < -0.4 is 0 Å². The molecule has 49 heavy (non-hydrogen) atoms. The molecule has 0 spiro atoms. The third kappa shape index (κ3) is 3.47. The number of esters is 4. The summed E-state index contributed by atoms with van der Waals surface area (Å²) < 4.78 is 35.9. The summed E-state index contributed by atoms with van der Waals surface area (Å²) in [6, 6.07) is 1.67. The van der Waals surface area contributed by atoms with Gasteiger partial charge in [-0.3, -0.25) is 9.59 Å². The van der Waals surface area contributed by atoms with Gasteiger partial charge in [-0.15, -0.1) is 0 Å². The standard InChI is InChI=1S/C36H44O13/c1-9-17(2)26(40)47-29-31(6)16-34(48-19(4)38)32(7,21(31)14-22(39)44-8)33-12-11-30(5)24(36(33,49-33)28(42)35(29,34)43)23(18(3)37)27(41)46-25(30)20-10-13-45-15-20/h9-10,13,15,21,24-25,28-29,37,42-43H,11-12,14,16H2,1-8H3/b17-9+,23-18-/t21-,24+,25-,28+,29-,30+,31-,32-,33-,34+,35+,36+/m0/s1. The van der Waals surface area contributed by atoms with Crippen LogP contribution in [0.5, 0.6) is 0 Å². The highest BCUT2D eigenvalue weighted by Crippen LogP contribution is 2.90. The van der Waals surface area contributed by atoms with Crippen molar-refractivity contribution in [1.82, 2.24) is 0 Å². The molecule has 0 amide bonds. The molecule has 13 heteroatoms. The van der Waals surface area contributed by atoms with Gasteiger partial charge in [-0.25, -0.2) is 9.59 Å². The van der Waals surface area contributed by atoms with E-state index in [0.717, 1.165) is 0 Å². The number of allylic oxidation sites excluding steroid dienone is 2. The Labute approximate surface area is 283 Å². The summed E-state index contributed by atoms with van der Waals surface area (Å²) in [5.41, 5.74) is -10.7. The fourth-order valence-electron chi connectivity index (χ4n) is 11.9. The van der Waals surface area contributed by atoms with Crippen LogP contribution in [0.15, 0.2) is 46.0 Å². The lowest BCUT2D eigenvalue weighted by Crippen LogP contribution is -2.86. The van der Waals surface area contributed by atoms with E-state index < -0.39 is 92.7 Å². The second-order valence-electron chi connectivity index (χ2n) is 15.6. The molecule has 3 heterocycles. The molecule has 0 aromatic carbocycles. The average Bonchev–Trinajstić information content (AvgIpc) is 3.26. The number of hydrogen-bond donors (Lipinski definition) is 3. The van der Waals surface area contributed by atoms with Crippen LogP contribution in [0.25, 0.3) is 0 Å². The second kappa shape index (κ2) is 9.97. The fraction of sp³-hybridized carbons (Fsp3) is 0.667. The Hall–Kier alpha value is -3.68. The Balaban J connectivity index is 1.53. The van der Waals surface area contributed by atoms with Gasteiger partial charge in [-0.2, -0.15) is 0 Å². The number of ether oxygens (including phenoxy) is 5. The zero-order chi connectivity index (χ0) is 35.9. The lowest BCUT2D eigenvalue weighted by molar-refractivity contribution is -0.333. The smallest absolute Gasteiger partial charge is 0.338 e. The van der Waals surface area contributed by atoms with Gasteiger partial charge < -0.3 is 43.4 Å².